The SMILES string of the molecule is CCn1cncc1Cn1c(CN2CCC(Oc3ccc(F)c(COc4ccc(C)cc4F)c3)CC2)nc2ccc(/C(C)=C/C(=O)O)cc21. The summed E-state index contributed by atoms with van der Waals surface area (Å²) in [7, 11) is 0. The summed E-state index contributed by atoms with van der Waals surface area (Å²) in [6.45, 7) is 9.14. The van der Waals surface area contributed by atoms with Crippen LogP contribution in [0.3, 0.4) is 0 Å². The molecule has 0 bridgehead atoms. The van der Waals surface area contributed by atoms with Crippen molar-refractivity contribution in [3.63, 3.8) is 0 Å². The van der Waals surface area contributed by atoms with Crippen molar-refractivity contribution in [2.45, 2.75) is 66.0 Å². The lowest BCUT2D eigenvalue weighted by atomic mass is 10.1. The molecule has 11 heteroatoms. The maximum atomic E-state index is 14.6. The van der Waals surface area contributed by atoms with Crippen molar-refractivity contribution in [1.29, 1.82) is 0 Å². The van der Waals surface area contributed by atoms with Gasteiger partial charge in [0.05, 0.1) is 36.1 Å². The van der Waals surface area contributed by atoms with Gasteiger partial charge in [0.25, 0.3) is 0 Å². The van der Waals surface area contributed by atoms with E-state index in [0.29, 0.717) is 30.0 Å². The number of hydrogen-bond acceptors (Lipinski definition) is 6. The fourth-order valence-corrected chi connectivity index (χ4v) is 6.10. The Morgan fingerprint density at radius 2 is 1.85 bits per heavy atom. The molecule has 0 aliphatic carbocycles. The molecule has 9 nitrogen and oxygen atoms in total. The lowest BCUT2D eigenvalue weighted by molar-refractivity contribution is -0.131. The first-order chi connectivity index (χ1) is 23.2. The second kappa shape index (κ2) is 14.4. The van der Waals surface area contributed by atoms with E-state index in [1.807, 2.05) is 30.7 Å². The highest BCUT2D eigenvalue weighted by atomic mass is 19.1. The molecule has 1 N–H and O–H groups in total. The van der Waals surface area contributed by atoms with Crippen molar-refractivity contribution >= 4 is 22.6 Å². The van der Waals surface area contributed by atoms with E-state index in [4.69, 9.17) is 14.5 Å². The lowest BCUT2D eigenvalue weighted by Gasteiger charge is -2.32. The minimum absolute atomic E-state index is 0.0423. The Labute approximate surface area is 278 Å². The zero-order valence-electron chi connectivity index (χ0n) is 27.3. The third kappa shape index (κ3) is 7.57. The average Bonchev–Trinajstić information content (AvgIpc) is 3.66. The van der Waals surface area contributed by atoms with Crippen molar-refractivity contribution in [3.8, 4) is 11.5 Å². The first-order valence-electron chi connectivity index (χ1n) is 16.1. The second-order valence-corrected chi connectivity index (χ2v) is 12.2. The van der Waals surface area contributed by atoms with E-state index in [1.165, 1.54) is 18.2 Å². The summed E-state index contributed by atoms with van der Waals surface area (Å²) in [5.74, 6) is -0.354. The molecule has 250 valence electrons. The Kier molecular flexibility index (Phi) is 9.86. The molecule has 1 saturated heterocycles. The smallest absolute Gasteiger partial charge is 0.328 e. The van der Waals surface area contributed by atoms with E-state index in [9.17, 15) is 18.7 Å². The quantitative estimate of drug-likeness (QED) is 0.145. The molecule has 2 aromatic heterocycles. The van der Waals surface area contributed by atoms with Crippen LogP contribution in [0.15, 0.2) is 73.2 Å². The number of benzene rings is 3. The molecular formula is C37H39F2N5O4. The summed E-state index contributed by atoms with van der Waals surface area (Å²) in [6.07, 6.45) is 6.43. The number of imidazole rings is 2. The van der Waals surface area contributed by atoms with E-state index in [1.54, 1.807) is 38.1 Å². The lowest BCUT2D eigenvalue weighted by Crippen LogP contribution is -2.38. The van der Waals surface area contributed by atoms with Gasteiger partial charge < -0.3 is 23.7 Å². The number of allylic oxidation sites excluding steroid dienone is 1. The van der Waals surface area contributed by atoms with Crippen LogP contribution in [0, 0.1) is 18.6 Å². The number of aromatic nitrogens is 4. The zero-order valence-corrected chi connectivity index (χ0v) is 27.3. The fourth-order valence-electron chi connectivity index (χ4n) is 6.10. The van der Waals surface area contributed by atoms with Crippen molar-refractivity contribution in [3.05, 3.63) is 113 Å². The van der Waals surface area contributed by atoms with Gasteiger partial charge in [-0.05, 0) is 92.8 Å². The zero-order chi connectivity index (χ0) is 33.8. The molecule has 1 fully saturated rings. The molecule has 48 heavy (non-hydrogen) atoms. The number of carboxylic acids is 1. The molecule has 5 aromatic rings. The van der Waals surface area contributed by atoms with Crippen LogP contribution in [0.25, 0.3) is 16.6 Å². The summed E-state index contributed by atoms with van der Waals surface area (Å²) in [6, 6.07) is 15.1. The van der Waals surface area contributed by atoms with Crippen LogP contribution >= 0.6 is 0 Å². The number of rotatable bonds is 12. The van der Waals surface area contributed by atoms with Gasteiger partial charge in [0.2, 0.25) is 0 Å². The molecule has 0 spiro atoms. The Hall–Kier alpha value is -5.03. The van der Waals surface area contributed by atoms with Crippen LogP contribution in [-0.2, 0) is 31.0 Å². The van der Waals surface area contributed by atoms with E-state index in [-0.39, 0.29) is 18.5 Å². The number of carboxylic acid groups (broad SMARTS) is 1. The molecule has 3 heterocycles. The molecule has 0 radical (unpaired) electrons. The highest BCUT2D eigenvalue weighted by molar-refractivity contribution is 5.91. The van der Waals surface area contributed by atoms with E-state index >= 15 is 0 Å². The maximum Gasteiger partial charge on any atom is 0.328 e. The first-order valence-corrected chi connectivity index (χ1v) is 16.1. The van der Waals surface area contributed by atoms with Gasteiger partial charge in [-0.3, -0.25) is 4.90 Å². The minimum atomic E-state index is -0.982. The van der Waals surface area contributed by atoms with Gasteiger partial charge in [-0.25, -0.2) is 23.5 Å². The van der Waals surface area contributed by atoms with Crippen LogP contribution < -0.4 is 9.47 Å². The maximum absolute atomic E-state index is 14.6. The number of carbonyl (C=O) groups is 1. The van der Waals surface area contributed by atoms with Crippen molar-refractivity contribution in [1.82, 2.24) is 24.0 Å². The number of likely N-dealkylation sites (tertiary alicyclic amines) is 1. The third-order valence-corrected chi connectivity index (χ3v) is 8.77. The number of aliphatic carboxylic acids is 1. The Morgan fingerprint density at radius 1 is 1.04 bits per heavy atom. The Balaban J connectivity index is 1.14. The standard InChI is InChI=1S/C37H39F2N5O4/c1-4-43-23-40-19-28(43)20-44-34-18-26(25(3)16-37(45)46)6-9-33(34)41-36(44)21-42-13-11-29(12-14-42)48-30-7-8-31(38)27(17-30)22-47-35-10-5-24(2)15-32(35)39/h5-10,15-19,23,29H,4,11-14,20-22H2,1-3H3,(H,45,46)/b25-16+. The molecule has 0 saturated carbocycles. The second-order valence-electron chi connectivity index (χ2n) is 12.2. The summed E-state index contributed by atoms with van der Waals surface area (Å²) >= 11 is 0. The molecule has 0 atom stereocenters. The molecule has 1 aliphatic heterocycles. The molecule has 3 aromatic carbocycles. The van der Waals surface area contributed by atoms with Crippen molar-refractivity contribution in [2.24, 2.45) is 0 Å². The van der Waals surface area contributed by atoms with Gasteiger partial charge >= 0.3 is 5.97 Å². The van der Waals surface area contributed by atoms with Crippen LogP contribution in [-0.4, -0.2) is 54.3 Å². The highest BCUT2D eigenvalue weighted by Gasteiger charge is 2.24. The van der Waals surface area contributed by atoms with Crippen LogP contribution in [0.1, 0.15) is 54.9 Å². The van der Waals surface area contributed by atoms with Crippen molar-refractivity contribution < 1.29 is 28.2 Å². The predicted molar refractivity (Wildman–Crippen MR) is 179 cm³/mol. The topological polar surface area (TPSA) is 94.6 Å². The number of ether oxygens (including phenoxy) is 2. The number of halogens is 2. The van der Waals surface area contributed by atoms with E-state index < -0.39 is 17.6 Å². The van der Waals surface area contributed by atoms with Crippen LogP contribution in [0.2, 0.25) is 0 Å². The van der Waals surface area contributed by atoms with Crippen LogP contribution in [0.4, 0.5) is 8.78 Å². The summed E-state index contributed by atoms with van der Waals surface area (Å²) in [4.78, 5) is 23.0. The Bertz CT molecular complexity index is 1960. The molecule has 1 aliphatic rings. The first kappa shape index (κ1) is 32.9. The fraction of sp³-hybridized carbons (Fsp3) is 0.324. The van der Waals surface area contributed by atoms with Gasteiger partial charge in [-0.2, -0.15) is 0 Å². The number of aryl methyl sites for hydroxylation is 2. The molecule has 0 unspecified atom stereocenters. The van der Waals surface area contributed by atoms with Crippen molar-refractivity contribution in [2.75, 3.05) is 13.1 Å². The van der Waals surface area contributed by atoms with Gasteiger partial charge in [-0.1, -0.05) is 12.1 Å². The van der Waals surface area contributed by atoms with Gasteiger partial charge in [0.15, 0.2) is 11.6 Å². The van der Waals surface area contributed by atoms with E-state index in [0.717, 1.165) is 66.2 Å². The average molecular weight is 656 g/mol. The van der Waals surface area contributed by atoms with E-state index in [2.05, 4.69) is 25.9 Å². The molecular weight excluding hydrogens is 616 g/mol. The van der Waals surface area contributed by atoms with Crippen LogP contribution in [0.5, 0.6) is 11.5 Å². The van der Waals surface area contributed by atoms with Gasteiger partial charge in [-0.15, -0.1) is 0 Å². The highest BCUT2D eigenvalue weighted by Crippen LogP contribution is 2.27. The molecule has 0 amide bonds. The normalized spacial score (nSPS) is 14.5. The largest absolute Gasteiger partial charge is 0.490 e. The third-order valence-electron chi connectivity index (χ3n) is 8.77. The Morgan fingerprint density at radius 3 is 2.60 bits per heavy atom. The van der Waals surface area contributed by atoms with Gasteiger partial charge in [0, 0.05) is 37.5 Å². The summed E-state index contributed by atoms with van der Waals surface area (Å²) in [5.41, 5.74) is 5.41. The number of fused-ring (bicyclic) bond motifs is 1. The monoisotopic (exact) mass is 655 g/mol. The van der Waals surface area contributed by atoms with Gasteiger partial charge in [0.1, 0.15) is 30.1 Å². The summed E-state index contributed by atoms with van der Waals surface area (Å²) in [5, 5.41) is 9.28. The molecule has 6 rings (SSSR count). The number of hydrogen-bond donors (Lipinski definition) is 1. The number of nitrogens with zero attached hydrogens (tertiary/aromatic N) is 5. The minimum Gasteiger partial charge on any atom is -0.490 e. The summed E-state index contributed by atoms with van der Waals surface area (Å²) < 4.78 is 44.9. The predicted octanol–water partition coefficient (Wildman–Crippen LogP) is 7.00. The number of piperidine rings is 1.